The largest absolute Gasteiger partial charge is 0.508 e. The van der Waals surface area contributed by atoms with Gasteiger partial charge in [-0.2, -0.15) is 0 Å². The summed E-state index contributed by atoms with van der Waals surface area (Å²) in [6, 6.07) is 7.02. The van der Waals surface area contributed by atoms with Crippen molar-refractivity contribution in [3.05, 3.63) is 35.9 Å². The summed E-state index contributed by atoms with van der Waals surface area (Å²) in [5.41, 5.74) is 1.06. The zero-order chi connectivity index (χ0) is 8.81. The number of benzene rings is 1. The molecular formula is C10H12O2. The zero-order valence-electron chi connectivity index (χ0n) is 7.03. The molecule has 0 radical (unpaired) electrons. The quantitative estimate of drug-likeness (QED) is 0.740. The van der Waals surface area contributed by atoms with Crippen LogP contribution in [0.4, 0.5) is 0 Å². The van der Waals surface area contributed by atoms with Gasteiger partial charge in [-0.1, -0.05) is 24.3 Å². The molecule has 0 aliphatic carbocycles. The van der Waals surface area contributed by atoms with Crippen LogP contribution < -0.4 is 0 Å². The van der Waals surface area contributed by atoms with Crippen molar-refractivity contribution in [2.24, 2.45) is 0 Å². The van der Waals surface area contributed by atoms with E-state index in [0.29, 0.717) is 12.4 Å². The fraction of sp³-hybridized carbons (Fsp3) is 0.200. The van der Waals surface area contributed by atoms with Crippen LogP contribution in [0.3, 0.4) is 0 Å². The monoisotopic (exact) mass is 164 g/mol. The highest BCUT2D eigenvalue weighted by molar-refractivity contribution is 5.50. The number of hydrogen-bond donors (Lipinski definition) is 1. The number of phenolic OH excluding ortho intramolecular Hbond substituents is 1. The van der Waals surface area contributed by atoms with E-state index in [2.05, 4.69) is 0 Å². The molecule has 12 heavy (non-hydrogen) atoms. The minimum absolute atomic E-state index is 0.291. The van der Waals surface area contributed by atoms with Gasteiger partial charge in [0, 0.05) is 7.11 Å². The van der Waals surface area contributed by atoms with Crippen molar-refractivity contribution in [1.82, 2.24) is 0 Å². The number of rotatable bonds is 3. The molecule has 0 aliphatic heterocycles. The van der Waals surface area contributed by atoms with Gasteiger partial charge in [-0.3, -0.25) is 0 Å². The lowest BCUT2D eigenvalue weighted by Gasteiger charge is -1.93. The molecule has 1 aromatic rings. The fourth-order valence-corrected chi connectivity index (χ4v) is 0.866. The van der Waals surface area contributed by atoms with E-state index in [1.54, 1.807) is 19.2 Å². The molecule has 1 rings (SSSR count). The highest BCUT2D eigenvalue weighted by Gasteiger charge is 1.86. The Hall–Kier alpha value is -1.28. The van der Waals surface area contributed by atoms with E-state index in [0.717, 1.165) is 5.56 Å². The van der Waals surface area contributed by atoms with Gasteiger partial charge in [0.05, 0.1) is 6.61 Å². The van der Waals surface area contributed by atoms with Gasteiger partial charge in [-0.05, 0) is 17.7 Å². The lowest BCUT2D eigenvalue weighted by molar-refractivity contribution is 0.234. The smallest absolute Gasteiger partial charge is 0.115 e. The molecule has 0 heterocycles. The predicted octanol–water partition coefficient (Wildman–Crippen LogP) is 2.05. The lowest BCUT2D eigenvalue weighted by Crippen LogP contribution is -1.80. The topological polar surface area (TPSA) is 29.5 Å². The fourth-order valence-electron chi connectivity index (χ4n) is 0.866. The van der Waals surface area contributed by atoms with Gasteiger partial charge in [-0.25, -0.2) is 0 Å². The summed E-state index contributed by atoms with van der Waals surface area (Å²) in [5, 5.41) is 8.98. The first kappa shape index (κ1) is 8.81. The molecule has 0 amide bonds. The molecule has 0 atom stereocenters. The van der Waals surface area contributed by atoms with Gasteiger partial charge < -0.3 is 9.84 Å². The van der Waals surface area contributed by atoms with E-state index in [9.17, 15) is 0 Å². The first-order chi connectivity index (χ1) is 5.83. The maximum Gasteiger partial charge on any atom is 0.115 e. The summed E-state index contributed by atoms with van der Waals surface area (Å²) < 4.78 is 4.85. The van der Waals surface area contributed by atoms with Crippen molar-refractivity contribution in [2.75, 3.05) is 13.7 Å². The molecule has 1 aromatic carbocycles. The molecule has 0 bridgehead atoms. The number of hydrogen-bond acceptors (Lipinski definition) is 2. The second kappa shape index (κ2) is 4.57. The van der Waals surface area contributed by atoms with Crippen molar-refractivity contribution < 1.29 is 9.84 Å². The minimum Gasteiger partial charge on any atom is -0.508 e. The third-order valence-electron chi connectivity index (χ3n) is 1.47. The van der Waals surface area contributed by atoms with Crippen LogP contribution in [0.15, 0.2) is 30.3 Å². The molecule has 0 saturated carbocycles. The van der Waals surface area contributed by atoms with Crippen molar-refractivity contribution in [3.8, 4) is 5.75 Å². The summed E-state index contributed by atoms with van der Waals surface area (Å²) >= 11 is 0. The Bertz CT molecular complexity index is 249. The van der Waals surface area contributed by atoms with Gasteiger partial charge in [0.15, 0.2) is 0 Å². The SMILES string of the molecule is COCC=Cc1ccc(O)cc1. The molecule has 0 spiro atoms. The molecular weight excluding hydrogens is 152 g/mol. The van der Waals surface area contributed by atoms with Gasteiger partial charge >= 0.3 is 0 Å². The van der Waals surface area contributed by atoms with Crippen LogP contribution in [0.1, 0.15) is 5.56 Å². The Morgan fingerprint density at radius 3 is 2.58 bits per heavy atom. The van der Waals surface area contributed by atoms with Crippen LogP contribution in [-0.2, 0) is 4.74 Å². The summed E-state index contributed by atoms with van der Waals surface area (Å²) in [4.78, 5) is 0. The Morgan fingerprint density at radius 1 is 1.33 bits per heavy atom. The number of phenols is 1. The number of ether oxygens (including phenoxy) is 1. The summed E-state index contributed by atoms with van der Waals surface area (Å²) in [7, 11) is 1.65. The number of methoxy groups -OCH3 is 1. The van der Waals surface area contributed by atoms with Crippen molar-refractivity contribution >= 4 is 6.08 Å². The first-order valence-electron chi connectivity index (χ1n) is 3.77. The van der Waals surface area contributed by atoms with E-state index >= 15 is 0 Å². The maximum atomic E-state index is 8.98. The van der Waals surface area contributed by atoms with Crippen LogP contribution in [0.25, 0.3) is 6.08 Å². The van der Waals surface area contributed by atoms with Crippen molar-refractivity contribution in [3.63, 3.8) is 0 Å². The van der Waals surface area contributed by atoms with E-state index in [-0.39, 0.29) is 0 Å². The average molecular weight is 164 g/mol. The molecule has 0 aromatic heterocycles. The lowest BCUT2D eigenvalue weighted by atomic mass is 10.2. The Morgan fingerprint density at radius 2 is 2.00 bits per heavy atom. The average Bonchev–Trinajstić information content (AvgIpc) is 2.09. The molecule has 2 heteroatoms. The first-order valence-corrected chi connectivity index (χ1v) is 3.77. The third kappa shape index (κ3) is 2.76. The van der Waals surface area contributed by atoms with Crippen LogP contribution in [0.5, 0.6) is 5.75 Å². The molecule has 0 saturated heterocycles. The van der Waals surface area contributed by atoms with Gasteiger partial charge in [-0.15, -0.1) is 0 Å². The Kier molecular flexibility index (Phi) is 3.35. The van der Waals surface area contributed by atoms with Crippen LogP contribution >= 0.6 is 0 Å². The summed E-state index contributed by atoms with van der Waals surface area (Å²) in [5.74, 6) is 0.291. The van der Waals surface area contributed by atoms with Crippen LogP contribution in [-0.4, -0.2) is 18.8 Å². The van der Waals surface area contributed by atoms with Gasteiger partial charge in [0.1, 0.15) is 5.75 Å². The Labute approximate surface area is 72.1 Å². The summed E-state index contributed by atoms with van der Waals surface area (Å²) in [6.07, 6.45) is 3.87. The second-order valence-electron chi connectivity index (χ2n) is 2.45. The highest BCUT2D eigenvalue weighted by Crippen LogP contribution is 2.10. The number of aromatic hydroxyl groups is 1. The minimum atomic E-state index is 0.291. The molecule has 2 nitrogen and oxygen atoms in total. The van der Waals surface area contributed by atoms with Gasteiger partial charge in [0.25, 0.3) is 0 Å². The van der Waals surface area contributed by atoms with E-state index in [1.165, 1.54) is 0 Å². The maximum absolute atomic E-state index is 8.98. The molecule has 64 valence electrons. The second-order valence-corrected chi connectivity index (χ2v) is 2.45. The normalized spacial score (nSPS) is 10.8. The Balaban J connectivity index is 2.58. The molecule has 0 fully saturated rings. The highest BCUT2D eigenvalue weighted by atomic mass is 16.5. The van der Waals surface area contributed by atoms with E-state index in [1.807, 2.05) is 24.3 Å². The van der Waals surface area contributed by atoms with E-state index in [4.69, 9.17) is 9.84 Å². The summed E-state index contributed by atoms with van der Waals surface area (Å²) in [6.45, 7) is 0.612. The molecule has 0 aliphatic rings. The molecule has 1 N–H and O–H groups in total. The molecule has 0 unspecified atom stereocenters. The zero-order valence-corrected chi connectivity index (χ0v) is 7.03. The third-order valence-corrected chi connectivity index (χ3v) is 1.47. The van der Waals surface area contributed by atoms with Crippen LogP contribution in [0.2, 0.25) is 0 Å². The van der Waals surface area contributed by atoms with Crippen molar-refractivity contribution in [2.45, 2.75) is 0 Å². The standard InChI is InChI=1S/C10H12O2/c1-12-8-2-3-9-4-6-10(11)7-5-9/h2-7,11H,8H2,1H3. The van der Waals surface area contributed by atoms with Crippen LogP contribution in [0, 0.1) is 0 Å². The van der Waals surface area contributed by atoms with E-state index < -0.39 is 0 Å². The van der Waals surface area contributed by atoms with Gasteiger partial charge in [0.2, 0.25) is 0 Å². The predicted molar refractivity (Wildman–Crippen MR) is 49.0 cm³/mol. The van der Waals surface area contributed by atoms with Crippen molar-refractivity contribution in [1.29, 1.82) is 0 Å².